The highest BCUT2D eigenvalue weighted by molar-refractivity contribution is 6.42. The zero-order valence-electron chi connectivity index (χ0n) is 9.64. The SMILES string of the molecule is Cc1n[nH]c(C)c1NCc1cccc(Cl)c1Cl. The summed E-state index contributed by atoms with van der Waals surface area (Å²) in [4.78, 5) is 0. The Kier molecular flexibility index (Phi) is 3.60. The van der Waals surface area contributed by atoms with Gasteiger partial charge in [-0.05, 0) is 25.5 Å². The van der Waals surface area contributed by atoms with Gasteiger partial charge in [-0.2, -0.15) is 5.10 Å². The van der Waals surface area contributed by atoms with Crippen LogP contribution >= 0.6 is 23.2 Å². The number of hydrogen-bond donors (Lipinski definition) is 2. The second kappa shape index (κ2) is 4.98. The van der Waals surface area contributed by atoms with Gasteiger partial charge in [0, 0.05) is 6.54 Å². The van der Waals surface area contributed by atoms with Crippen LogP contribution in [-0.4, -0.2) is 10.2 Å². The molecule has 0 atom stereocenters. The molecular formula is C12H13Cl2N3. The predicted octanol–water partition coefficient (Wildman–Crippen LogP) is 3.95. The number of halogens is 2. The van der Waals surface area contributed by atoms with Crippen LogP contribution in [-0.2, 0) is 6.54 Å². The largest absolute Gasteiger partial charge is 0.378 e. The van der Waals surface area contributed by atoms with Crippen molar-refractivity contribution in [1.29, 1.82) is 0 Å². The second-order valence-electron chi connectivity index (χ2n) is 3.88. The normalized spacial score (nSPS) is 10.6. The van der Waals surface area contributed by atoms with Crippen molar-refractivity contribution >= 4 is 28.9 Å². The molecule has 0 saturated heterocycles. The number of nitrogens with zero attached hydrogens (tertiary/aromatic N) is 1. The van der Waals surface area contributed by atoms with Gasteiger partial charge in [0.25, 0.3) is 0 Å². The molecule has 17 heavy (non-hydrogen) atoms. The summed E-state index contributed by atoms with van der Waals surface area (Å²) in [5, 5.41) is 11.5. The van der Waals surface area contributed by atoms with E-state index in [9.17, 15) is 0 Å². The molecule has 0 unspecified atom stereocenters. The van der Waals surface area contributed by atoms with Crippen molar-refractivity contribution in [2.75, 3.05) is 5.32 Å². The van der Waals surface area contributed by atoms with Gasteiger partial charge < -0.3 is 5.32 Å². The van der Waals surface area contributed by atoms with Crippen LogP contribution in [0.3, 0.4) is 0 Å². The summed E-state index contributed by atoms with van der Waals surface area (Å²) >= 11 is 12.1. The first-order valence-electron chi connectivity index (χ1n) is 5.28. The molecule has 0 aliphatic carbocycles. The molecule has 1 aromatic heterocycles. The number of anilines is 1. The van der Waals surface area contributed by atoms with Gasteiger partial charge >= 0.3 is 0 Å². The van der Waals surface area contributed by atoms with Gasteiger partial charge in [-0.25, -0.2) is 0 Å². The Balaban J connectivity index is 2.15. The van der Waals surface area contributed by atoms with Crippen LogP contribution in [0, 0.1) is 13.8 Å². The van der Waals surface area contributed by atoms with Crippen LogP contribution in [0.1, 0.15) is 17.0 Å². The Morgan fingerprint density at radius 3 is 2.71 bits per heavy atom. The van der Waals surface area contributed by atoms with Crippen LogP contribution in [0.2, 0.25) is 10.0 Å². The third-order valence-electron chi connectivity index (χ3n) is 2.62. The molecule has 2 rings (SSSR count). The fourth-order valence-electron chi connectivity index (χ4n) is 1.68. The monoisotopic (exact) mass is 269 g/mol. The predicted molar refractivity (Wildman–Crippen MR) is 71.9 cm³/mol. The molecular weight excluding hydrogens is 257 g/mol. The lowest BCUT2D eigenvalue weighted by atomic mass is 10.2. The van der Waals surface area contributed by atoms with Crippen LogP contribution in [0.4, 0.5) is 5.69 Å². The van der Waals surface area contributed by atoms with E-state index in [4.69, 9.17) is 23.2 Å². The lowest BCUT2D eigenvalue weighted by Gasteiger charge is -2.09. The molecule has 90 valence electrons. The van der Waals surface area contributed by atoms with Crippen molar-refractivity contribution in [2.45, 2.75) is 20.4 Å². The number of benzene rings is 1. The van der Waals surface area contributed by atoms with Crippen LogP contribution in [0.5, 0.6) is 0 Å². The van der Waals surface area contributed by atoms with Gasteiger partial charge in [0.05, 0.1) is 27.1 Å². The maximum atomic E-state index is 6.12. The minimum atomic E-state index is 0.576. The summed E-state index contributed by atoms with van der Waals surface area (Å²) in [6.07, 6.45) is 0. The number of aromatic amines is 1. The van der Waals surface area contributed by atoms with Crippen LogP contribution in [0.25, 0.3) is 0 Å². The van der Waals surface area contributed by atoms with E-state index < -0.39 is 0 Å². The Bertz CT molecular complexity index is 515. The summed E-state index contributed by atoms with van der Waals surface area (Å²) in [5.41, 5.74) is 3.95. The smallest absolute Gasteiger partial charge is 0.0825 e. The average Bonchev–Trinajstić information content (AvgIpc) is 2.62. The molecule has 1 heterocycles. The van der Waals surface area contributed by atoms with E-state index in [-0.39, 0.29) is 0 Å². The lowest BCUT2D eigenvalue weighted by Crippen LogP contribution is -2.01. The van der Waals surface area contributed by atoms with E-state index in [1.54, 1.807) is 6.07 Å². The number of hydrogen-bond acceptors (Lipinski definition) is 2. The van der Waals surface area contributed by atoms with Crippen molar-refractivity contribution in [2.24, 2.45) is 0 Å². The quantitative estimate of drug-likeness (QED) is 0.886. The maximum Gasteiger partial charge on any atom is 0.0825 e. The molecule has 0 amide bonds. The zero-order chi connectivity index (χ0) is 12.4. The number of aryl methyl sites for hydroxylation is 2. The van der Waals surface area contributed by atoms with Gasteiger partial charge in [0.2, 0.25) is 0 Å². The van der Waals surface area contributed by atoms with Gasteiger partial charge in [-0.1, -0.05) is 35.3 Å². The molecule has 0 saturated carbocycles. The molecule has 3 nitrogen and oxygen atoms in total. The summed E-state index contributed by atoms with van der Waals surface area (Å²) in [5.74, 6) is 0. The molecule has 0 aliphatic rings. The zero-order valence-corrected chi connectivity index (χ0v) is 11.2. The molecule has 0 fully saturated rings. The Morgan fingerprint density at radius 2 is 2.06 bits per heavy atom. The molecule has 0 aliphatic heterocycles. The molecule has 2 N–H and O–H groups in total. The molecule has 2 aromatic rings. The summed E-state index contributed by atoms with van der Waals surface area (Å²) < 4.78 is 0. The number of rotatable bonds is 3. The van der Waals surface area contributed by atoms with Gasteiger partial charge in [0.1, 0.15) is 0 Å². The Morgan fingerprint density at radius 1 is 1.29 bits per heavy atom. The van der Waals surface area contributed by atoms with Gasteiger partial charge in [-0.3, -0.25) is 5.10 Å². The summed E-state index contributed by atoms with van der Waals surface area (Å²) in [6.45, 7) is 4.55. The standard InChI is InChI=1S/C12H13Cl2N3/c1-7-12(8(2)17-16-7)15-6-9-4-3-5-10(13)11(9)14/h3-5,15H,6H2,1-2H3,(H,16,17). The van der Waals surface area contributed by atoms with Crippen molar-refractivity contribution < 1.29 is 0 Å². The summed E-state index contributed by atoms with van der Waals surface area (Å²) in [7, 11) is 0. The van der Waals surface area contributed by atoms with Crippen molar-refractivity contribution in [1.82, 2.24) is 10.2 Å². The molecule has 0 radical (unpaired) electrons. The van der Waals surface area contributed by atoms with E-state index in [2.05, 4.69) is 15.5 Å². The number of nitrogens with one attached hydrogen (secondary N) is 2. The fraction of sp³-hybridized carbons (Fsp3) is 0.250. The molecule has 0 spiro atoms. The van der Waals surface area contributed by atoms with Crippen LogP contribution < -0.4 is 5.32 Å². The van der Waals surface area contributed by atoms with E-state index >= 15 is 0 Å². The van der Waals surface area contributed by atoms with E-state index in [0.29, 0.717) is 16.6 Å². The average molecular weight is 270 g/mol. The third kappa shape index (κ3) is 2.56. The highest BCUT2D eigenvalue weighted by Crippen LogP contribution is 2.26. The van der Waals surface area contributed by atoms with Gasteiger partial charge in [0.15, 0.2) is 0 Å². The topological polar surface area (TPSA) is 40.7 Å². The van der Waals surface area contributed by atoms with Gasteiger partial charge in [-0.15, -0.1) is 0 Å². The van der Waals surface area contributed by atoms with Crippen molar-refractivity contribution in [3.63, 3.8) is 0 Å². The molecule has 5 heteroatoms. The lowest BCUT2D eigenvalue weighted by molar-refractivity contribution is 1.02. The summed E-state index contributed by atoms with van der Waals surface area (Å²) in [6, 6.07) is 5.62. The number of H-pyrrole nitrogens is 1. The van der Waals surface area contributed by atoms with E-state index in [1.807, 2.05) is 26.0 Å². The number of aromatic nitrogens is 2. The van der Waals surface area contributed by atoms with E-state index in [0.717, 1.165) is 22.6 Å². The van der Waals surface area contributed by atoms with Crippen molar-refractivity contribution in [3.8, 4) is 0 Å². The fourth-order valence-corrected chi connectivity index (χ4v) is 2.07. The Hall–Kier alpha value is -1.19. The third-order valence-corrected chi connectivity index (χ3v) is 3.47. The highest BCUT2D eigenvalue weighted by Gasteiger charge is 2.08. The molecule has 1 aromatic carbocycles. The Labute approximate surface area is 110 Å². The van der Waals surface area contributed by atoms with Crippen LogP contribution in [0.15, 0.2) is 18.2 Å². The van der Waals surface area contributed by atoms with Crippen molar-refractivity contribution in [3.05, 3.63) is 45.2 Å². The van der Waals surface area contributed by atoms with E-state index in [1.165, 1.54) is 0 Å². The second-order valence-corrected chi connectivity index (χ2v) is 4.66. The first kappa shape index (κ1) is 12.3. The minimum Gasteiger partial charge on any atom is -0.378 e. The minimum absolute atomic E-state index is 0.576. The maximum absolute atomic E-state index is 6.12. The first-order valence-corrected chi connectivity index (χ1v) is 6.03. The highest BCUT2D eigenvalue weighted by atomic mass is 35.5. The molecule has 0 bridgehead atoms. The first-order chi connectivity index (χ1) is 8.09.